The quantitative estimate of drug-likeness (QED) is 0.481. The van der Waals surface area contributed by atoms with E-state index in [2.05, 4.69) is 10.5 Å². The van der Waals surface area contributed by atoms with Crippen LogP contribution in [0.1, 0.15) is 26.5 Å². The molecule has 2 aromatic carbocycles. The number of methoxy groups -OCH3 is 1. The topological polar surface area (TPSA) is 101 Å². The number of hydrazone groups is 1. The van der Waals surface area contributed by atoms with Gasteiger partial charge in [0.05, 0.1) is 29.5 Å². The zero-order valence-electron chi connectivity index (χ0n) is 14.7. The molecule has 1 amide bonds. The number of benzene rings is 2. The zero-order valence-corrected chi connectivity index (χ0v) is 15.4. The minimum absolute atomic E-state index is 0.0187. The molecule has 0 fully saturated rings. The predicted octanol–water partition coefficient (Wildman–Crippen LogP) is 4.07. The molecule has 0 bridgehead atoms. The normalized spacial score (nSPS) is 10.8. The van der Waals surface area contributed by atoms with Crippen molar-refractivity contribution in [3.05, 3.63) is 76.5 Å². The van der Waals surface area contributed by atoms with Crippen molar-refractivity contribution < 1.29 is 23.8 Å². The Morgan fingerprint density at radius 3 is 2.68 bits per heavy atom. The number of hydrogen-bond donors (Lipinski definition) is 2. The molecule has 0 unspecified atom stereocenters. The third-order valence-electron chi connectivity index (χ3n) is 3.82. The maximum Gasteiger partial charge on any atom is 0.337 e. The average molecular weight is 399 g/mol. The van der Waals surface area contributed by atoms with Gasteiger partial charge in [0.2, 0.25) is 0 Å². The van der Waals surface area contributed by atoms with E-state index < -0.39 is 11.9 Å². The number of halogens is 1. The van der Waals surface area contributed by atoms with Gasteiger partial charge in [0.1, 0.15) is 17.3 Å². The van der Waals surface area contributed by atoms with Crippen LogP contribution in [0.4, 0.5) is 0 Å². The number of amides is 1. The van der Waals surface area contributed by atoms with Crippen LogP contribution in [0.3, 0.4) is 0 Å². The van der Waals surface area contributed by atoms with Crippen LogP contribution in [0, 0.1) is 0 Å². The van der Waals surface area contributed by atoms with Gasteiger partial charge in [0, 0.05) is 5.56 Å². The van der Waals surface area contributed by atoms with Gasteiger partial charge < -0.3 is 14.3 Å². The molecule has 2 N–H and O–H groups in total. The molecule has 0 aliphatic heterocycles. The largest absolute Gasteiger partial charge is 0.496 e. The number of carboxylic acid groups (broad SMARTS) is 1. The molecule has 3 rings (SSSR count). The molecular weight excluding hydrogens is 384 g/mol. The van der Waals surface area contributed by atoms with Gasteiger partial charge >= 0.3 is 5.97 Å². The molecule has 3 aromatic rings. The van der Waals surface area contributed by atoms with E-state index in [1.165, 1.54) is 25.5 Å². The molecule has 0 saturated heterocycles. The van der Waals surface area contributed by atoms with E-state index in [9.17, 15) is 9.59 Å². The molecule has 7 nitrogen and oxygen atoms in total. The molecule has 0 saturated carbocycles. The Hall–Kier alpha value is -3.58. The van der Waals surface area contributed by atoms with Crippen LogP contribution in [0.2, 0.25) is 5.02 Å². The van der Waals surface area contributed by atoms with Crippen molar-refractivity contribution in [1.29, 1.82) is 0 Å². The van der Waals surface area contributed by atoms with Crippen LogP contribution in [-0.2, 0) is 0 Å². The van der Waals surface area contributed by atoms with Crippen LogP contribution in [0.5, 0.6) is 5.75 Å². The van der Waals surface area contributed by atoms with Crippen molar-refractivity contribution in [2.45, 2.75) is 0 Å². The molecular formula is C20H15ClN2O5. The fourth-order valence-electron chi connectivity index (χ4n) is 2.47. The second-order valence-corrected chi connectivity index (χ2v) is 6.01. The standard InChI is InChI=1S/C20H15ClN2O5/c1-27-18-5-3-2-4-14(18)19(24)23-22-11-13-7-9-17(28-13)12-6-8-16(21)15(10-12)20(25)26/h2-11H,1H3,(H,23,24)(H,25,26). The van der Waals surface area contributed by atoms with Crippen LogP contribution in [0.15, 0.2) is 64.1 Å². The Morgan fingerprint density at radius 2 is 1.93 bits per heavy atom. The van der Waals surface area contributed by atoms with E-state index in [1.54, 1.807) is 42.5 Å². The van der Waals surface area contributed by atoms with Gasteiger partial charge in [-0.3, -0.25) is 4.79 Å². The van der Waals surface area contributed by atoms with Crippen molar-refractivity contribution in [3.8, 4) is 17.1 Å². The Labute approximate surface area is 165 Å². The molecule has 142 valence electrons. The van der Waals surface area contributed by atoms with E-state index in [4.69, 9.17) is 25.9 Å². The number of carboxylic acids is 1. The van der Waals surface area contributed by atoms with E-state index in [-0.39, 0.29) is 10.6 Å². The van der Waals surface area contributed by atoms with E-state index in [0.29, 0.717) is 28.4 Å². The third-order valence-corrected chi connectivity index (χ3v) is 4.15. The van der Waals surface area contributed by atoms with Crippen molar-refractivity contribution in [2.75, 3.05) is 7.11 Å². The zero-order chi connectivity index (χ0) is 20.1. The van der Waals surface area contributed by atoms with Gasteiger partial charge in [-0.25, -0.2) is 10.2 Å². The lowest BCUT2D eigenvalue weighted by molar-refractivity contribution is 0.0697. The number of hydrogen-bond acceptors (Lipinski definition) is 5. The molecule has 0 aliphatic rings. The van der Waals surface area contributed by atoms with Gasteiger partial charge in [-0.15, -0.1) is 0 Å². The van der Waals surface area contributed by atoms with Crippen molar-refractivity contribution >= 4 is 29.7 Å². The fraction of sp³-hybridized carbons (Fsp3) is 0.0500. The third kappa shape index (κ3) is 4.21. The number of ether oxygens (including phenoxy) is 1. The van der Waals surface area contributed by atoms with Crippen LogP contribution >= 0.6 is 11.6 Å². The fourth-order valence-corrected chi connectivity index (χ4v) is 2.67. The van der Waals surface area contributed by atoms with Crippen molar-refractivity contribution in [2.24, 2.45) is 5.10 Å². The summed E-state index contributed by atoms with van der Waals surface area (Å²) < 4.78 is 10.8. The summed E-state index contributed by atoms with van der Waals surface area (Å²) in [5.41, 5.74) is 3.29. The monoisotopic (exact) mass is 398 g/mol. The molecule has 8 heteroatoms. The van der Waals surface area contributed by atoms with Crippen LogP contribution in [-0.4, -0.2) is 30.3 Å². The lowest BCUT2D eigenvalue weighted by Gasteiger charge is -2.05. The number of rotatable bonds is 6. The molecule has 1 heterocycles. The van der Waals surface area contributed by atoms with Gasteiger partial charge in [0.15, 0.2) is 0 Å². The van der Waals surface area contributed by atoms with Gasteiger partial charge in [-0.2, -0.15) is 5.10 Å². The smallest absolute Gasteiger partial charge is 0.337 e. The minimum Gasteiger partial charge on any atom is -0.496 e. The number of nitrogens with one attached hydrogen (secondary N) is 1. The molecule has 28 heavy (non-hydrogen) atoms. The summed E-state index contributed by atoms with van der Waals surface area (Å²) in [6, 6.07) is 14.6. The van der Waals surface area contributed by atoms with E-state index >= 15 is 0 Å². The highest BCUT2D eigenvalue weighted by molar-refractivity contribution is 6.33. The first-order valence-electron chi connectivity index (χ1n) is 8.09. The maximum absolute atomic E-state index is 12.2. The Morgan fingerprint density at radius 1 is 1.14 bits per heavy atom. The lowest BCUT2D eigenvalue weighted by Crippen LogP contribution is -2.18. The Balaban J connectivity index is 1.72. The van der Waals surface area contributed by atoms with Crippen LogP contribution in [0.25, 0.3) is 11.3 Å². The first kappa shape index (κ1) is 19.2. The lowest BCUT2D eigenvalue weighted by atomic mass is 10.1. The average Bonchev–Trinajstić information content (AvgIpc) is 3.16. The molecule has 0 spiro atoms. The molecule has 1 aromatic heterocycles. The minimum atomic E-state index is -1.13. The summed E-state index contributed by atoms with van der Waals surface area (Å²) in [7, 11) is 1.48. The second-order valence-electron chi connectivity index (χ2n) is 5.60. The first-order chi connectivity index (χ1) is 13.5. The molecule has 0 atom stereocenters. The number of para-hydroxylation sites is 1. The summed E-state index contributed by atoms with van der Waals surface area (Å²) in [6.45, 7) is 0. The number of furan rings is 1. The number of carbonyl (C=O) groups excluding carboxylic acids is 1. The number of nitrogens with zero attached hydrogens (tertiary/aromatic N) is 1. The predicted molar refractivity (Wildman–Crippen MR) is 104 cm³/mol. The highest BCUT2D eigenvalue weighted by Gasteiger charge is 2.13. The van der Waals surface area contributed by atoms with E-state index in [0.717, 1.165) is 0 Å². The van der Waals surface area contributed by atoms with Gasteiger partial charge in [0.25, 0.3) is 5.91 Å². The summed E-state index contributed by atoms with van der Waals surface area (Å²) in [6.07, 6.45) is 1.34. The molecule has 0 radical (unpaired) electrons. The highest BCUT2D eigenvalue weighted by atomic mass is 35.5. The second kappa shape index (κ2) is 8.41. The van der Waals surface area contributed by atoms with Crippen LogP contribution < -0.4 is 10.2 Å². The molecule has 0 aliphatic carbocycles. The summed E-state index contributed by atoms with van der Waals surface area (Å²) >= 11 is 5.87. The highest BCUT2D eigenvalue weighted by Crippen LogP contribution is 2.26. The van der Waals surface area contributed by atoms with Gasteiger partial charge in [-0.1, -0.05) is 23.7 Å². The van der Waals surface area contributed by atoms with E-state index in [1.807, 2.05) is 0 Å². The summed E-state index contributed by atoms with van der Waals surface area (Å²) in [5.74, 6) is -0.296. The maximum atomic E-state index is 12.2. The number of aromatic carboxylic acids is 1. The van der Waals surface area contributed by atoms with Crippen molar-refractivity contribution in [3.63, 3.8) is 0 Å². The number of carbonyl (C=O) groups is 2. The van der Waals surface area contributed by atoms with Gasteiger partial charge in [-0.05, 0) is 42.5 Å². The van der Waals surface area contributed by atoms with Crippen molar-refractivity contribution in [1.82, 2.24) is 5.43 Å². The first-order valence-corrected chi connectivity index (χ1v) is 8.47. The summed E-state index contributed by atoms with van der Waals surface area (Å²) in [5, 5.41) is 13.2. The summed E-state index contributed by atoms with van der Waals surface area (Å²) in [4.78, 5) is 23.4. The Kier molecular flexibility index (Phi) is 5.76. The Bertz CT molecular complexity index is 1060. The SMILES string of the molecule is COc1ccccc1C(=O)NN=Cc1ccc(-c2ccc(Cl)c(C(=O)O)c2)o1.